The summed E-state index contributed by atoms with van der Waals surface area (Å²) in [4.78, 5) is 12.1. The van der Waals surface area contributed by atoms with E-state index in [1.165, 1.54) is 6.21 Å². The number of nitrogens with one attached hydrogen (secondary N) is 1. The molecule has 0 aromatic heterocycles. The highest BCUT2D eigenvalue weighted by atomic mass is 35.5. The van der Waals surface area contributed by atoms with Crippen molar-refractivity contribution in [3.05, 3.63) is 58.1 Å². The maximum Gasteiger partial charge on any atom is 0.280 e. The summed E-state index contributed by atoms with van der Waals surface area (Å²) in [5.41, 5.74) is 3.20. The molecule has 7 heteroatoms. The molecule has 0 heterocycles. The molecule has 0 fully saturated rings. The minimum atomic E-state index is -0.780. The number of ether oxygens (including phenoxy) is 2. The fourth-order valence-corrected chi connectivity index (χ4v) is 2.40. The summed E-state index contributed by atoms with van der Waals surface area (Å²) in [7, 11) is 0. The molecule has 1 amide bonds. The first kappa shape index (κ1) is 19.1. The van der Waals surface area contributed by atoms with E-state index in [1.807, 2.05) is 31.2 Å². The number of benzene rings is 2. The van der Waals surface area contributed by atoms with Crippen LogP contribution in [0, 0.1) is 0 Å². The monoisotopic (exact) mass is 380 g/mol. The Bertz CT molecular complexity index is 766. The van der Waals surface area contributed by atoms with Gasteiger partial charge in [-0.15, -0.1) is 0 Å². The Morgan fingerprint density at radius 1 is 1.24 bits per heavy atom. The van der Waals surface area contributed by atoms with Crippen molar-refractivity contribution in [2.75, 3.05) is 6.61 Å². The first-order valence-electron chi connectivity index (χ1n) is 7.67. The molecule has 2 aromatic rings. The highest BCUT2D eigenvalue weighted by molar-refractivity contribution is 6.35. The van der Waals surface area contributed by atoms with E-state index in [4.69, 9.17) is 32.7 Å². The molecule has 1 N–H and O–H groups in total. The number of hydrogen-bond acceptors (Lipinski definition) is 4. The smallest absolute Gasteiger partial charge is 0.280 e. The van der Waals surface area contributed by atoms with Gasteiger partial charge in [-0.25, -0.2) is 5.43 Å². The van der Waals surface area contributed by atoms with E-state index >= 15 is 0 Å². The molecule has 2 rings (SSSR count). The number of rotatable bonds is 7. The maximum atomic E-state index is 12.1. The zero-order valence-corrected chi connectivity index (χ0v) is 15.3. The Kier molecular flexibility index (Phi) is 7.10. The number of carbonyl (C=O) groups is 1. The predicted octanol–water partition coefficient (Wildman–Crippen LogP) is 4.31. The first-order valence-corrected chi connectivity index (χ1v) is 8.43. The molecule has 0 spiro atoms. The van der Waals surface area contributed by atoms with Gasteiger partial charge in [0.05, 0.1) is 17.8 Å². The third-order valence-electron chi connectivity index (χ3n) is 3.16. The van der Waals surface area contributed by atoms with Gasteiger partial charge in [0, 0.05) is 10.6 Å². The molecular weight excluding hydrogens is 363 g/mol. The Balaban J connectivity index is 1.95. The number of hydrazone groups is 1. The molecule has 1 unspecified atom stereocenters. The molecule has 0 bridgehead atoms. The Morgan fingerprint density at radius 2 is 2.00 bits per heavy atom. The van der Waals surface area contributed by atoms with Crippen LogP contribution in [0.1, 0.15) is 19.4 Å². The van der Waals surface area contributed by atoms with E-state index in [1.54, 1.807) is 25.1 Å². The average Bonchev–Trinajstić information content (AvgIpc) is 2.59. The Hall–Kier alpha value is -2.24. The highest BCUT2D eigenvalue weighted by Gasteiger charge is 2.15. The Morgan fingerprint density at radius 3 is 2.72 bits per heavy atom. The summed E-state index contributed by atoms with van der Waals surface area (Å²) >= 11 is 11.9. The van der Waals surface area contributed by atoms with Crippen molar-refractivity contribution in [3.63, 3.8) is 0 Å². The second-order valence-corrected chi connectivity index (χ2v) is 5.88. The minimum absolute atomic E-state index is 0.335. The van der Waals surface area contributed by atoms with Crippen molar-refractivity contribution in [2.45, 2.75) is 20.0 Å². The highest BCUT2D eigenvalue weighted by Crippen LogP contribution is 2.28. The fraction of sp³-hybridized carbons (Fsp3) is 0.222. The fourth-order valence-electron chi connectivity index (χ4n) is 1.95. The summed E-state index contributed by atoms with van der Waals surface area (Å²) in [5.74, 6) is 0.663. The molecule has 0 radical (unpaired) electrons. The molecule has 0 aliphatic heterocycles. The van der Waals surface area contributed by atoms with Gasteiger partial charge in [-0.1, -0.05) is 35.3 Å². The van der Waals surface area contributed by atoms with Gasteiger partial charge < -0.3 is 9.47 Å². The van der Waals surface area contributed by atoms with E-state index < -0.39 is 12.0 Å². The second-order valence-electron chi connectivity index (χ2n) is 5.04. The van der Waals surface area contributed by atoms with Gasteiger partial charge in [0.2, 0.25) is 0 Å². The van der Waals surface area contributed by atoms with Crippen molar-refractivity contribution in [3.8, 4) is 11.5 Å². The van der Waals surface area contributed by atoms with E-state index in [0.29, 0.717) is 28.2 Å². The molecule has 0 aliphatic rings. The second kappa shape index (κ2) is 9.30. The topological polar surface area (TPSA) is 59.9 Å². The zero-order valence-electron chi connectivity index (χ0n) is 13.8. The molecule has 0 saturated carbocycles. The van der Waals surface area contributed by atoms with Crippen LogP contribution in [0.3, 0.4) is 0 Å². The lowest BCUT2D eigenvalue weighted by atomic mass is 10.2. The number of halogens is 2. The van der Waals surface area contributed by atoms with Crippen LogP contribution in [0.5, 0.6) is 11.5 Å². The van der Waals surface area contributed by atoms with Crippen LogP contribution in [-0.2, 0) is 4.79 Å². The summed E-state index contributed by atoms with van der Waals surface area (Å²) in [6.45, 7) is 4.05. The molecule has 2 aromatic carbocycles. The lowest BCUT2D eigenvalue weighted by molar-refractivity contribution is -0.127. The number of para-hydroxylation sites is 1. The van der Waals surface area contributed by atoms with Crippen LogP contribution in [0.2, 0.25) is 10.0 Å². The van der Waals surface area contributed by atoms with Gasteiger partial charge in [-0.05, 0) is 44.2 Å². The van der Waals surface area contributed by atoms with Crippen LogP contribution in [0.4, 0.5) is 0 Å². The molecule has 5 nitrogen and oxygen atoms in total. The zero-order chi connectivity index (χ0) is 18.2. The first-order chi connectivity index (χ1) is 12.0. The van der Waals surface area contributed by atoms with E-state index in [2.05, 4.69) is 10.5 Å². The van der Waals surface area contributed by atoms with Gasteiger partial charge in [-0.3, -0.25) is 4.79 Å². The van der Waals surface area contributed by atoms with Crippen LogP contribution in [-0.4, -0.2) is 24.8 Å². The lowest BCUT2D eigenvalue weighted by Crippen LogP contribution is -2.33. The molecular formula is C18H18Cl2N2O3. The minimum Gasteiger partial charge on any atom is -0.493 e. The van der Waals surface area contributed by atoms with E-state index in [-0.39, 0.29) is 0 Å². The molecule has 132 valence electrons. The third kappa shape index (κ3) is 5.66. The molecule has 0 aliphatic carbocycles. The van der Waals surface area contributed by atoms with E-state index in [9.17, 15) is 4.79 Å². The van der Waals surface area contributed by atoms with Crippen LogP contribution in [0.25, 0.3) is 0 Å². The predicted molar refractivity (Wildman–Crippen MR) is 99.9 cm³/mol. The van der Waals surface area contributed by atoms with Crippen LogP contribution < -0.4 is 14.9 Å². The van der Waals surface area contributed by atoms with Crippen molar-refractivity contribution in [1.82, 2.24) is 5.43 Å². The SMILES string of the molecule is CCOc1ccccc1C=NNC(=O)C(C)Oc1ccc(Cl)cc1Cl. The van der Waals surface area contributed by atoms with E-state index in [0.717, 1.165) is 5.56 Å². The average molecular weight is 381 g/mol. The Labute approximate surface area is 156 Å². The number of hydrogen-bond donors (Lipinski definition) is 1. The summed E-state index contributed by atoms with van der Waals surface area (Å²) in [6.07, 6.45) is 0.739. The standard InChI is InChI=1S/C18H18Cl2N2O3/c1-3-24-16-7-5-4-6-13(16)11-21-22-18(23)12(2)25-17-9-8-14(19)10-15(17)20/h4-12H,3H2,1-2H3,(H,22,23). The van der Waals surface area contributed by atoms with Gasteiger partial charge in [-0.2, -0.15) is 5.10 Å². The van der Waals surface area contributed by atoms with Crippen molar-refractivity contribution < 1.29 is 14.3 Å². The lowest BCUT2D eigenvalue weighted by Gasteiger charge is -2.14. The molecule has 1 atom stereocenters. The van der Waals surface area contributed by atoms with Crippen LogP contribution in [0.15, 0.2) is 47.6 Å². The summed E-state index contributed by atoms with van der Waals surface area (Å²) in [5, 5.41) is 4.77. The van der Waals surface area contributed by atoms with Crippen LogP contribution >= 0.6 is 23.2 Å². The number of amides is 1. The van der Waals surface area contributed by atoms with Gasteiger partial charge >= 0.3 is 0 Å². The third-order valence-corrected chi connectivity index (χ3v) is 3.69. The normalized spacial score (nSPS) is 12.0. The molecule has 25 heavy (non-hydrogen) atoms. The maximum absolute atomic E-state index is 12.1. The molecule has 0 saturated heterocycles. The largest absolute Gasteiger partial charge is 0.493 e. The van der Waals surface area contributed by atoms with Crippen molar-refractivity contribution >= 4 is 35.3 Å². The van der Waals surface area contributed by atoms with Gasteiger partial charge in [0.1, 0.15) is 11.5 Å². The number of nitrogens with zero attached hydrogens (tertiary/aromatic N) is 1. The van der Waals surface area contributed by atoms with Gasteiger partial charge in [0.25, 0.3) is 5.91 Å². The number of carbonyl (C=O) groups excluding carboxylic acids is 1. The van der Waals surface area contributed by atoms with Gasteiger partial charge in [0.15, 0.2) is 6.10 Å². The van der Waals surface area contributed by atoms with Crippen molar-refractivity contribution in [2.24, 2.45) is 5.10 Å². The summed E-state index contributed by atoms with van der Waals surface area (Å²) < 4.78 is 11.0. The van der Waals surface area contributed by atoms with Crippen molar-refractivity contribution in [1.29, 1.82) is 0 Å². The quantitative estimate of drug-likeness (QED) is 0.574. The summed E-state index contributed by atoms with van der Waals surface area (Å²) in [6, 6.07) is 12.2.